The van der Waals surface area contributed by atoms with Crippen molar-refractivity contribution in [2.24, 2.45) is 5.73 Å². The van der Waals surface area contributed by atoms with Crippen LogP contribution in [0.2, 0.25) is 0 Å². The van der Waals surface area contributed by atoms with E-state index in [1.54, 1.807) is 6.07 Å². The summed E-state index contributed by atoms with van der Waals surface area (Å²) in [6.45, 7) is 0. The molecular weight excluding hydrogens is 326 g/mol. The van der Waals surface area contributed by atoms with Gasteiger partial charge in [0.1, 0.15) is 6.10 Å². The van der Waals surface area contributed by atoms with Gasteiger partial charge in [0, 0.05) is 29.7 Å². The number of primary amides is 1. The molecule has 5 nitrogen and oxygen atoms in total. The molecule has 2 aliphatic rings. The van der Waals surface area contributed by atoms with E-state index < -0.39 is 12.0 Å². The molecule has 2 fully saturated rings. The molecule has 0 bridgehead atoms. The second kappa shape index (κ2) is 6.07. The van der Waals surface area contributed by atoms with E-state index in [0.29, 0.717) is 24.1 Å². The van der Waals surface area contributed by atoms with Crippen molar-refractivity contribution in [3.8, 4) is 0 Å². The minimum atomic E-state index is -2.60. The van der Waals surface area contributed by atoms with Crippen LogP contribution < -0.4 is 11.1 Å². The summed E-state index contributed by atoms with van der Waals surface area (Å²) in [7, 11) is 0. The Hall–Kier alpha value is -1.70. The summed E-state index contributed by atoms with van der Waals surface area (Å²) in [5.74, 6) is -2.73. The zero-order valence-electron chi connectivity index (χ0n) is 12.4. The third-order valence-electron chi connectivity index (χ3n) is 4.27. The fourth-order valence-corrected chi connectivity index (χ4v) is 3.94. The third-order valence-corrected chi connectivity index (χ3v) is 5.48. The number of rotatable bonds is 4. The van der Waals surface area contributed by atoms with Gasteiger partial charge in [-0.3, -0.25) is 4.79 Å². The monoisotopic (exact) mass is 344 g/mol. The molecule has 0 saturated heterocycles. The van der Waals surface area contributed by atoms with Gasteiger partial charge in [-0.1, -0.05) is 0 Å². The van der Waals surface area contributed by atoms with Crippen LogP contribution in [-0.4, -0.2) is 30.1 Å². The highest BCUT2D eigenvalue weighted by Gasteiger charge is 2.43. The number of carbonyl (C=O) groups excluding carboxylic acids is 2. The van der Waals surface area contributed by atoms with E-state index in [1.807, 2.05) is 6.07 Å². The Bertz CT molecular complexity index is 610. The first-order valence-electron chi connectivity index (χ1n) is 7.58. The van der Waals surface area contributed by atoms with Gasteiger partial charge in [-0.2, -0.15) is 0 Å². The lowest BCUT2D eigenvalue weighted by atomic mass is 9.92. The molecule has 126 valence electrons. The molecule has 1 heterocycles. The number of hydrogen-bond donors (Lipinski definition) is 2. The highest BCUT2D eigenvalue weighted by molar-refractivity contribution is 7.14. The summed E-state index contributed by atoms with van der Waals surface area (Å²) in [6, 6.07) is 3.36. The van der Waals surface area contributed by atoms with Crippen molar-refractivity contribution in [3.63, 3.8) is 0 Å². The lowest BCUT2D eigenvalue weighted by Gasteiger charge is -2.28. The summed E-state index contributed by atoms with van der Waals surface area (Å²) >= 11 is 1.34. The minimum Gasteiger partial charge on any atom is -0.446 e. The molecule has 3 N–H and O–H groups in total. The largest absolute Gasteiger partial charge is 0.446 e. The van der Waals surface area contributed by atoms with Crippen LogP contribution in [0.3, 0.4) is 0 Å². The van der Waals surface area contributed by atoms with Crippen molar-refractivity contribution in [1.29, 1.82) is 0 Å². The summed E-state index contributed by atoms with van der Waals surface area (Å²) < 4.78 is 31.1. The molecular formula is C15H18F2N2O3S. The van der Waals surface area contributed by atoms with Crippen LogP contribution in [0.4, 0.5) is 13.6 Å². The lowest BCUT2D eigenvalue weighted by molar-refractivity contribution is -0.0399. The molecule has 8 heteroatoms. The molecule has 2 aliphatic carbocycles. The van der Waals surface area contributed by atoms with Crippen LogP contribution in [0.25, 0.3) is 0 Å². The van der Waals surface area contributed by atoms with Crippen LogP contribution in [0, 0.1) is 0 Å². The van der Waals surface area contributed by atoms with Gasteiger partial charge in [-0.25, -0.2) is 13.6 Å². The summed E-state index contributed by atoms with van der Waals surface area (Å²) in [6.07, 6.45) is -0.0440. The molecule has 3 rings (SSSR count). The number of ether oxygens (including phenoxy) is 1. The number of nitrogens with one attached hydrogen (secondary N) is 1. The molecule has 0 aliphatic heterocycles. The molecule has 0 spiro atoms. The number of thiophene rings is 1. The molecule has 2 unspecified atom stereocenters. The number of halogens is 2. The van der Waals surface area contributed by atoms with Gasteiger partial charge in [0.05, 0.1) is 4.88 Å². The second-order valence-electron chi connectivity index (χ2n) is 6.12. The Morgan fingerprint density at radius 3 is 2.65 bits per heavy atom. The van der Waals surface area contributed by atoms with E-state index >= 15 is 0 Å². The molecule has 2 atom stereocenters. The molecule has 0 aromatic carbocycles. The van der Waals surface area contributed by atoms with Gasteiger partial charge in [0.2, 0.25) is 5.92 Å². The van der Waals surface area contributed by atoms with Gasteiger partial charge in [-0.05, 0) is 31.4 Å². The van der Waals surface area contributed by atoms with Gasteiger partial charge < -0.3 is 15.8 Å². The number of hydrogen-bond acceptors (Lipinski definition) is 4. The van der Waals surface area contributed by atoms with E-state index in [9.17, 15) is 18.4 Å². The van der Waals surface area contributed by atoms with Crippen molar-refractivity contribution in [1.82, 2.24) is 5.32 Å². The maximum absolute atomic E-state index is 13.1. The first kappa shape index (κ1) is 16.2. The van der Waals surface area contributed by atoms with Crippen molar-refractivity contribution in [2.75, 3.05) is 0 Å². The van der Waals surface area contributed by atoms with Gasteiger partial charge in [0.25, 0.3) is 5.91 Å². The van der Waals surface area contributed by atoms with E-state index in [-0.39, 0.29) is 36.8 Å². The Balaban J connectivity index is 1.52. The van der Waals surface area contributed by atoms with Crippen molar-refractivity contribution < 1.29 is 23.1 Å². The maximum Gasteiger partial charge on any atom is 0.404 e. The lowest BCUT2D eigenvalue weighted by Crippen LogP contribution is -2.40. The zero-order valence-corrected chi connectivity index (χ0v) is 13.2. The quantitative estimate of drug-likeness (QED) is 0.881. The highest BCUT2D eigenvalue weighted by atomic mass is 32.1. The predicted octanol–water partition coefficient (Wildman–Crippen LogP) is 3.01. The Morgan fingerprint density at radius 1 is 1.30 bits per heavy atom. The van der Waals surface area contributed by atoms with Crippen LogP contribution in [0.1, 0.15) is 52.6 Å². The van der Waals surface area contributed by atoms with E-state index in [4.69, 9.17) is 10.5 Å². The van der Waals surface area contributed by atoms with Crippen LogP contribution in [0.5, 0.6) is 0 Å². The first-order valence-corrected chi connectivity index (χ1v) is 8.40. The molecule has 2 saturated carbocycles. The van der Waals surface area contributed by atoms with Crippen LogP contribution in [0.15, 0.2) is 12.1 Å². The van der Waals surface area contributed by atoms with E-state index in [2.05, 4.69) is 5.32 Å². The maximum atomic E-state index is 13.1. The molecule has 0 radical (unpaired) electrons. The number of amides is 2. The average Bonchev–Trinajstić information content (AvgIpc) is 3.04. The second-order valence-corrected chi connectivity index (χ2v) is 7.24. The normalized spacial score (nSPS) is 26.5. The van der Waals surface area contributed by atoms with Gasteiger partial charge in [0.15, 0.2) is 0 Å². The van der Waals surface area contributed by atoms with Crippen molar-refractivity contribution in [3.05, 3.63) is 21.9 Å². The summed E-state index contributed by atoms with van der Waals surface area (Å²) in [5, 5.41) is 2.82. The summed E-state index contributed by atoms with van der Waals surface area (Å²) in [5.41, 5.74) is 4.98. The molecule has 1 aromatic heterocycles. The molecule has 1 aromatic rings. The van der Waals surface area contributed by atoms with Gasteiger partial charge in [-0.15, -0.1) is 11.3 Å². The van der Waals surface area contributed by atoms with Crippen LogP contribution >= 0.6 is 11.3 Å². The highest BCUT2D eigenvalue weighted by Crippen LogP contribution is 2.46. The first-order chi connectivity index (χ1) is 10.8. The fourth-order valence-electron chi connectivity index (χ4n) is 2.87. The Morgan fingerprint density at radius 2 is 2.00 bits per heavy atom. The van der Waals surface area contributed by atoms with E-state index in [1.165, 1.54) is 11.3 Å². The molecule has 23 heavy (non-hydrogen) atoms. The molecule has 2 amide bonds. The van der Waals surface area contributed by atoms with Crippen molar-refractivity contribution >= 4 is 23.3 Å². The Kier molecular flexibility index (Phi) is 4.27. The van der Waals surface area contributed by atoms with Crippen molar-refractivity contribution in [2.45, 2.75) is 56.1 Å². The smallest absolute Gasteiger partial charge is 0.404 e. The zero-order chi connectivity index (χ0) is 16.6. The number of nitrogens with two attached hydrogens (primary N) is 1. The van der Waals surface area contributed by atoms with Gasteiger partial charge >= 0.3 is 6.09 Å². The minimum absolute atomic E-state index is 0.0995. The fraction of sp³-hybridized carbons (Fsp3) is 0.600. The predicted molar refractivity (Wildman–Crippen MR) is 80.8 cm³/mol. The standard InChI is InChI=1S/C15H18F2N2O3S/c16-15(17)5-3-8(4-6-15)19-13(20)12-2-1-11(23-12)9-7-10(9)22-14(18)21/h1-2,8-10H,3-7H2,(H2,18,21)(H,19,20). The summed E-state index contributed by atoms with van der Waals surface area (Å²) in [4.78, 5) is 24.4. The van der Waals surface area contributed by atoms with Crippen LogP contribution in [-0.2, 0) is 4.74 Å². The number of alkyl halides is 2. The van der Waals surface area contributed by atoms with E-state index in [0.717, 1.165) is 4.88 Å². The third kappa shape index (κ3) is 3.99. The number of carbonyl (C=O) groups is 2. The topological polar surface area (TPSA) is 81.4 Å². The Labute approximate surface area is 136 Å². The SMILES string of the molecule is NC(=O)OC1CC1c1ccc(C(=O)NC2CCC(F)(F)CC2)s1. The average molecular weight is 344 g/mol.